The molecule has 2 aromatic rings. The second kappa shape index (κ2) is 5.96. The van der Waals surface area contributed by atoms with E-state index in [0.717, 1.165) is 5.56 Å². The zero-order chi connectivity index (χ0) is 13.7. The van der Waals surface area contributed by atoms with Gasteiger partial charge >= 0.3 is 0 Å². The van der Waals surface area contributed by atoms with E-state index in [1.165, 1.54) is 24.3 Å². The van der Waals surface area contributed by atoms with Gasteiger partial charge in [0.25, 0.3) is 0 Å². The number of anilines is 1. The smallest absolute Gasteiger partial charge is 0.126 e. The van der Waals surface area contributed by atoms with Crippen LogP contribution in [0.3, 0.4) is 0 Å². The van der Waals surface area contributed by atoms with E-state index in [0.29, 0.717) is 18.7 Å². The zero-order valence-corrected chi connectivity index (χ0v) is 10.2. The van der Waals surface area contributed by atoms with Gasteiger partial charge in [0.1, 0.15) is 11.6 Å². The lowest BCUT2D eigenvalue weighted by Gasteiger charge is -2.07. The van der Waals surface area contributed by atoms with Gasteiger partial charge in [-0.25, -0.2) is 8.78 Å². The Hall–Kier alpha value is -2.41. The summed E-state index contributed by atoms with van der Waals surface area (Å²) in [5.74, 6) is -0.720. The molecule has 0 radical (unpaired) electrons. The van der Waals surface area contributed by atoms with Crippen molar-refractivity contribution in [2.24, 2.45) is 0 Å². The van der Waals surface area contributed by atoms with Gasteiger partial charge in [0.15, 0.2) is 0 Å². The molecular formula is C15H12F2N2. The Bertz CT molecular complexity index is 618. The van der Waals surface area contributed by atoms with Gasteiger partial charge in [-0.2, -0.15) is 5.26 Å². The molecule has 0 heterocycles. The van der Waals surface area contributed by atoms with Crippen LogP contribution in [-0.2, 0) is 6.42 Å². The van der Waals surface area contributed by atoms with Crippen molar-refractivity contribution >= 4 is 5.69 Å². The summed E-state index contributed by atoms with van der Waals surface area (Å²) in [7, 11) is 0. The highest BCUT2D eigenvalue weighted by atomic mass is 19.1. The molecule has 0 saturated heterocycles. The number of nitrogens with one attached hydrogen (secondary N) is 1. The van der Waals surface area contributed by atoms with E-state index in [2.05, 4.69) is 5.32 Å². The predicted molar refractivity (Wildman–Crippen MR) is 69.7 cm³/mol. The molecule has 0 spiro atoms. The van der Waals surface area contributed by atoms with Crippen LogP contribution in [0.15, 0.2) is 42.5 Å². The van der Waals surface area contributed by atoms with Crippen LogP contribution in [-0.4, -0.2) is 6.54 Å². The number of nitrogens with zero attached hydrogens (tertiary/aromatic N) is 1. The fourth-order valence-electron chi connectivity index (χ4n) is 1.80. The second-order valence-electron chi connectivity index (χ2n) is 4.15. The van der Waals surface area contributed by atoms with Gasteiger partial charge in [-0.15, -0.1) is 0 Å². The molecule has 0 aliphatic carbocycles. The highest BCUT2D eigenvalue weighted by Crippen LogP contribution is 2.13. The standard InChI is InChI=1S/C15H12F2N2/c16-13-3-1-2-11(6-13)4-5-19-15-8-12(10-18)7-14(17)9-15/h1-3,6-9,19H,4-5H2. The van der Waals surface area contributed by atoms with E-state index < -0.39 is 5.82 Å². The number of hydrogen-bond acceptors (Lipinski definition) is 2. The Labute approximate surface area is 110 Å². The number of rotatable bonds is 4. The summed E-state index contributed by atoms with van der Waals surface area (Å²) >= 11 is 0. The summed E-state index contributed by atoms with van der Waals surface area (Å²) in [6.45, 7) is 0.539. The first kappa shape index (κ1) is 13.0. The first-order valence-electron chi connectivity index (χ1n) is 5.86. The maximum Gasteiger partial charge on any atom is 0.126 e. The number of halogens is 2. The van der Waals surface area contributed by atoms with Crippen LogP contribution in [0.1, 0.15) is 11.1 Å². The van der Waals surface area contributed by atoms with Crippen molar-refractivity contribution in [3.8, 4) is 6.07 Å². The molecule has 0 fully saturated rings. The van der Waals surface area contributed by atoms with E-state index in [4.69, 9.17) is 5.26 Å². The molecule has 0 bridgehead atoms. The normalized spacial score (nSPS) is 9.95. The summed E-state index contributed by atoms with van der Waals surface area (Å²) in [6, 6.07) is 12.3. The first-order valence-corrected chi connectivity index (χ1v) is 5.86. The lowest BCUT2D eigenvalue weighted by atomic mass is 10.1. The molecule has 0 atom stereocenters. The van der Waals surface area contributed by atoms with E-state index in [9.17, 15) is 8.78 Å². The van der Waals surface area contributed by atoms with Gasteiger partial charge in [0.05, 0.1) is 11.6 Å². The van der Waals surface area contributed by atoms with Gasteiger partial charge in [-0.05, 0) is 42.3 Å². The van der Waals surface area contributed by atoms with Crippen LogP contribution in [0.25, 0.3) is 0 Å². The Morgan fingerprint density at radius 3 is 2.63 bits per heavy atom. The lowest BCUT2D eigenvalue weighted by Crippen LogP contribution is -2.05. The maximum absolute atomic E-state index is 13.2. The van der Waals surface area contributed by atoms with Crippen LogP contribution < -0.4 is 5.32 Å². The molecule has 19 heavy (non-hydrogen) atoms. The summed E-state index contributed by atoms with van der Waals surface area (Å²) < 4.78 is 26.1. The van der Waals surface area contributed by atoms with Crippen molar-refractivity contribution in [1.82, 2.24) is 0 Å². The predicted octanol–water partition coefficient (Wildman–Crippen LogP) is 3.49. The molecule has 1 N–H and O–H groups in total. The van der Waals surface area contributed by atoms with Crippen molar-refractivity contribution in [1.29, 1.82) is 5.26 Å². The van der Waals surface area contributed by atoms with Crippen molar-refractivity contribution in [2.75, 3.05) is 11.9 Å². The highest BCUT2D eigenvalue weighted by Gasteiger charge is 2.00. The van der Waals surface area contributed by atoms with E-state index in [-0.39, 0.29) is 11.4 Å². The highest BCUT2D eigenvalue weighted by molar-refractivity contribution is 5.49. The zero-order valence-electron chi connectivity index (χ0n) is 10.2. The van der Waals surface area contributed by atoms with Crippen molar-refractivity contribution in [3.05, 3.63) is 65.2 Å². The molecule has 2 rings (SSSR count). The molecule has 96 valence electrons. The summed E-state index contributed by atoms with van der Waals surface area (Å²) in [5, 5.41) is 11.7. The van der Waals surface area contributed by atoms with Gasteiger partial charge < -0.3 is 5.32 Å². The fourth-order valence-corrected chi connectivity index (χ4v) is 1.80. The third-order valence-corrected chi connectivity index (χ3v) is 2.66. The molecule has 0 aromatic heterocycles. The summed E-state index contributed by atoms with van der Waals surface area (Å²) in [5.41, 5.74) is 1.69. The number of nitriles is 1. The average Bonchev–Trinajstić information content (AvgIpc) is 2.38. The monoisotopic (exact) mass is 258 g/mol. The summed E-state index contributed by atoms with van der Waals surface area (Å²) in [4.78, 5) is 0. The third kappa shape index (κ3) is 3.78. The molecule has 2 aromatic carbocycles. The van der Waals surface area contributed by atoms with E-state index >= 15 is 0 Å². The lowest BCUT2D eigenvalue weighted by molar-refractivity contribution is 0.625. The SMILES string of the molecule is N#Cc1cc(F)cc(NCCc2cccc(F)c2)c1. The van der Waals surface area contributed by atoms with Crippen LogP contribution in [0.5, 0.6) is 0 Å². The quantitative estimate of drug-likeness (QED) is 0.911. The molecule has 0 aliphatic heterocycles. The first-order chi connectivity index (χ1) is 9.17. The average molecular weight is 258 g/mol. The largest absolute Gasteiger partial charge is 0.385 e. The third-order valence-electron chi connectivity index (χ3n) is 2.66. The topological polar surface area (TPSA) is 35.8 Å². The van der Waals surface area contributed by atoms with Gasteiger partial charge in [-0.3, -0.25) is 0 Å². The second-order valence-corrected chi connectivity index (χ2v) is 4.15. The molecule has 0 aliphatic rings. The van der Waals surface area contributed by atoms with Crippen LogP contribution in [0, 0.1) is 23.0 Å². The van der Waals surface area contributed by atoms with Crippen LogP contribution >= 0.6 is 0 Å². The number of benzene rings is 2. The maximum atomic E-state index is 13.2. The molecule has 0 saturated carbocycles. The van der Waals surface area contributed by atoms with Gasteiger partial charge in [0.2, 0.25) is 0 Å². The Kier molecular flexibility index (Phi) is 4.09. The molecular weight excluding hydrogens is 246 g/mol. The van der Waals surface area contributed by atoms with E-state index in [1.807, 2.05) is 12.1 Å². The Balaban J connectivity index is 1.96. The minimum Gasteiger partial charge on any atom is -0.385 e. The van der Waals surface area contributed by atoms with E-state index in [1.54, 1.807) is 12.1 Å². The van der Waals surface area contributed by atoms with Gasteiger partial charge in [-0.1, -0.05) is 12.1 Å². The van der Waals surface area contributed by atoms with Crippen LogP contribution in [0.2, 0.25) is 0 Å². The fraction of sp³-hybridized carbons (Fsp3) is 0.133. The number of hydrogen-bond donors (Lipinski definition) is 1. The Morgan fingerprint density at radius 2 is 1.89 bits per heavy atom. The minimum absolute atomic E-state index is 0.268. The van der Waals surface area contributed by atoms with Crippen molar-refractivity contribution < 1.29 is 8.78 Å². The molecule has 4 heteroatoms. The van der Waals surface area contributed by atoms with Gasteiger partial charge in [0, 0.05) is 12.2 Å². The Morgan fingerprint density at radius 1 is 1.05 bits per heavy atom. The van der Waals surface area contributed by atoms with Crippen LogP contribution in [0.4, 0.5) is 14.5 Å². The minimum atomic E-state index is -0.452. The molecule has 2 nitrogen and oxygen atoms in total. The molecule has 0 amide bonds. The molecule has 0 unspecified atom stereocenters. The van der Waals surface area contributed by atoms with Crippen molar-refractivity contribution in [2.45, 2.75) is 6.42 Å². The van der Waals surface area contributed by atoms with Crippen molar-refractivity contribution in [3.63, 3.8) is 0 Å². The summed E-state index contributed by atoms with van der Waals surface area (Å²) in [6.07, 6.45) is 0.621.